The number of hydrogen-bond donors (Lipinski definition) is 2. The van der Waals surface area contributed by atoms with Gasteiger partial charge in [0.25, 0.3) is 5.69 Å². The van der Waals surface area contributed by atoms with E-state index in [2.05, 4.69) is 10.6 Å². The molecule has 0 bridgehead atoms. The minimum atomic E-state index is -1.21. The minimum Gasteiger partial charge on any atom is -0.336 e. The van der Waals surface area contributed by atoms with Crippen LogP contribution < -0.4 is 15.5 Å². The van der Waals surface area contributed by atoms with Crippen molar-refractivity contribution in [3.05, 3.63) is 63.2 Å². The van der Waals surface area contributed by atoms with Gasteiger partial charge in [0.15, 0.2) is 0 Å². The van der Waals surface area contributed by atoms with Crippen LogP contribution in [0, 0.1) is 36.8 Å². The van der Waals surface area contributed by atoms with Crippen molar-refractivity contribution in [1.29, 1.82) is 0 Å². The average Bonchev–Trinajstić information content (AvgIpc) is 2.66. The number of para-hydroxylation sites is 1. The molecule has 29 heavy (non-hydrogen) atoms. The van der Waals surface area contributed by atoms with Crippen molar-refractivity contribution < 1.29 is 19.3 Å². The third kappa shape index (κ3) is 3.79. The number of carbonyl (C=O) groups excluding carboxylic acids is 3. The largest absolute Gasteiger partial charge is 0.336 e. The quantitative estimate of drug-likeness (QED) is 0.467. The van der Waals surface area contributed by atoms with Crippen LogP contribution in [0.2, 0.25) is 0 Å². The summed E-state index contributed by atoms with van der Waals surface area (Å²) in [7, 11) is 0. The molecule has 9 nitrogen and oxygen atoms in total. The molecule has 2 aromatic carbocycles. The predicted octanol–water partition coefficient (Wildman–Crippen LogP) is 2.83. The molecule has 1 aliphatic heterocycles. The molecule has 2 N–H and O–H groups in total. The first-order chi connectivity index (χ1) is 13.7. The summed E-state index contributed by atoms with van der Waals surface area (Å²) >= 11 is 0. The number of nitro groups is 1. The fourth-order valence-corrected chi connectivity index (χ4v) is 3.10. The molecule has 9 heteroatoms. The summed E-state index contributed by atoms with van der Waals surface area (Å²) in [6, 6.07) is 8.89. The Labute approximate surface area is 166 Å². The zero-order valence-corrected chi connectivity index (χ0v) is 16.2. The van der Waals surface area contributed by atoms with E-state index in [0.717, 1.165) is 16.0 Å². The number of nitrogens with zero attached hydrogens (tertiary/aromatic N) is 2. The second kappa shape index (κ2) is 7.70. The fraction of sp³-hybridized carbons (Fsp3) is 0.250. The maximum absolute atomic E-state index is 12.9. The van der Waals surface area contributed by atoms with Crippen LogP contribution in [-0.2, 0) is 9.59 Å². The maximum Gasteiger partial charge on any atom is 0.328 e. The van der Waals surface area contributed by atoms with E-state index in [-0.39, 0.29) is 17.9 Å². The average molecular weight is 396 g/mol. The lowest BCUT2D eigenvalue weighted by molar-refractivity contribution is -0.384. The number of urea groups is 1. The summed E-state index contributed by atoms with van der Waals surface area (Å²) in [6.45, 7) is 5.19. The molecule has 0 aromatic heterocycles. The first kappa shape index (κ1) is 20.0. The lowest BCUT2D eigenvalue weighted by Gasteiger charge is -2.31. The van der Waals surface area contributed by atoms with Crippen LogP contribution in [0.15, 0.2) is 36.4 Å². The highest BCUT2D eigenvalue weighted by atomic mass is 16.6. The van der Waals surface area contributed by atoms with Gasteiger partial charge in [-0.2, -0.15) is 0 Å². The number of aryl methyl sites for hydroxylation is 3. The van der Waals surface area contributed by atoms with Gasteiger partial charge in [0, 0.05) is 12.6 Å². The monoisotopic (exact) mass is 396 g/mol. The van der Waals surface area contributed by atoms with Crippen molar-refractivity contribution in [2.24, 2.45) is 5.92 Å². The van der Waals surface area contributed by atoms with Crippen molar-refractivity contribution in [1.82, 2.24) is 5.32 Å². The number of anilines is 2. The highest BCUT2D eigenvalue weighted by Crippen LogP contribution is 2.29. The molecular formula is C20H20N4O5. The van der Waals surface area contributed by atoms with Gasteiger partial charge in [0.05, 0.1) is 10.6 Å². The van der Waals surface area contributed by atoms with E-state index in [1.165, 1.54) is 12.1 Å². The Hall–Kier alpha value is -3.75. The van der Waals surface area contributed by atoms with Crippen LogP contribution in [-0.4, -0.2) is 29.3 Å². The SMILES string of the molecule is Cc1ccc(N2C(=O)NCC(C(=O)Nc3c(C)cccc3[N+](=O)[O-])C2=O)cc1C. The first-order valence-electron chi connectivity index (χ1n) is 8.94. The van der Waals surface area contributed by atoms with E-state index < -0.39 is 28.7 Å². The number of amides is 4. The zero-order chi connectivity index (χ0) is 21.3. The zero-order valence-electron chi connectivity index (χ0n) is 16.2. The van der Waals surface area contributed by atoms with Crippen LogP contribution in [0.25, 0.3) is 0 Å². The van der Waals surface area contributed by atoms with Gasteiger partial charge in [-0.3, -0.25) is 19.7 Å². The molecule has 1 heterocycles. The van der Waals surface area contributed by atoms with Crippen molar-refractivity contribution >= 4 is 34.9 Å². The van der Waals surface area contributed by atoms with Crippen molar-refractivity contribution in [3.8, 4) is 0 Å². The van der Waals surface area contributed by atoms with Crippen molar-refractivity contribution in [2.45, 2.75) is 20.8 Å². The predicted molar refractivity (Wildman–Crippen MR) is 107 cm³/mol. The van der Waals surface area contributed by atoms with Crippen LogP contribution in [0.1, 0.15) is 16.7 Å². The van der Waals surface area contributed by atoms with Crippen molar-refractivity contribution in [3.63, 3.8) is 0 Å². The fourth-order valence-electron chi connectivity index (χ4n) is 3.10. The number of hydrogen-bond acceptors (Lipinski definition) is 5. The number of benzene rings is 2. The van der Waals surface area contributed by atoms with Gasteiger partial charge in [-0.05, 0) is 49.6 Å². The molecule has 1 saturated heterocycles. The van der Waals surface area contributed by atoms with Gasteiger partial charge in [0.1, 0.15) is 11.6 Å². The van der Waals surface area contributed by atoms with E-state index in [0.29, 0.717) is 11.3 Å². The van der Waals surface area contributed by atoms with Gasteiger partial charge in [-0.15, -0.1) is 0 Å². The van der Waals surface area contributed by atoms with Gasteiger partial charge in [-0.25, -0.2) is 9.69 Å². The van der Waals surface area contributed by atoms with Crippen LogP contribution >= 0.6 is 0 Å². The second-order valence-electron chi connectivity index (χ2n) is 6.90. The van der Waals surface area contributed by atoms with Gasteiger partial charge in [0.2, 0.25) is 11.8 Å². The third-order valence-corrected chi connectivity index (χ3v) is 4.94. The summed E-state index contributed by atoms with van der Waals surface area (Å²) in [6.07, 6.45) is 0. The topological polar surface area (TPSA) is 122 Å². The summed E-state index contributed by atoms with van der Waals surface area (Å²) in [5.41, 5.74) is 2.51. The number of imide groups is 1. The highest BCUT2D eigenvalue weighted by Gasteiger charge is 2.40. The van der Waals surface area contributed by atoms with E-state index in [1.54, 1.807) is 31.2 Å². The van der Waals surface area contributed by atoms with E-state index in [1.807, 2.05) is 13.8 Å². The third-order valence-electron chi connectivity index (χ3n) is 4.94. The second-order valence-corrected chi connectivity index (χ2v) is 6.90. The maximum atomic E-state index is 12.9. The lowest BCUT2D eigenvalue weighted by Crippen LogP contribution is -2.58. The molecule has 1 unspecified atom stereocenters. The minimum absolute atomic E-state index is 0.0323. The number of nitrogens with one attached hydrogen (secondary N) is 2. The van der Waals surface area contributed by atoms with E-state index in [9.17, 15) is 24.5 Å². The Morgan fingerprint density at radius 2 is 1.86 bits per heavy atom. The molecule has 1 fully saturated rings. The van der Waals surface area contributed by atoms with Crippen LogP contribution in [0.4, 0.5) is 21.9 Å². The molecule has 1 atom stereocenters. The van der Waals surface area contributed by atoms with Gasteiger partial charge >= 0.3 is 6.03 Å². The molecule has 0 aliphatic carbocycles. The number of carbonyl (C=O) groups is 3. The number of nitro benzene ring substituents is 1. The summed E-state index contributed by atoms with van der Waals surface area (Å²) in [5, 5.41) is 16.3. The molecule has 0 radical (unpaired) electrons. The Morgan fingerprint density at radius 3 is 2.52 bits per heavy atom. The van der Waals surface area contributed by atoms with Gasteiger partial charge < -0.3 is 10.6 Å². The molecule has 3 rings (SSSR count). The molecular weight excluding hydrogens is 376 g/mol. The molecule has 2 aromatic rings. The lowest BCUT2D eigenvalue weighted by atomic mass is 10.0. The first-order valence-corrected chi connectivity index (χ1v) is 8.94. The smallest absolute Gasteiger partial charge is 0.328 e. The molecule has 0 spiro atoms. The molecule has 0 saturated carbocycles. The Balaban J connectivity index is 1.89. The van der Waals surface area contributed by atoms with E-state index >= 15 is 0 Å². The molecule has 150 valence electrons. The van der Waals surface area contributed by atoms with Crippen molar-refractivity contribution in [2.75, 3.05) is 16.8 Å². The molecule has 4 amide bonds. The molecule has 1 aliphatic rings. The van der Waals surface area contributed by atoms with E-state index in [4.69, 9.17) is 0 Å². The normalized spacial score (nSPS) is 16.4. The summed E-state index contributed by atoms with van der Waals surface area (Å²) in [4.78, 5) is 49.6. The Morgan fingerprint density at radius 1 is 1.14 bits per heavy atom. The standard InChI is InChI=1S/C20H20N4O5/c1-11-7-8-14(9-13(11)3)23-19(26)15(10-21-20(23)27)18(25)22-17-12(2)5-4-6-16(17)24(28)29/h4-9,15H,10H2,1-3H3,(H,21,27)(H,22,25). The summed E-state index contributed by atoms with van der Waals surface area (Å²) < 4.78 is 0. The van der Waals surface area contributed by atoms with Gasteiger partial charge in [-0.1, -0.05) is 18.2 Å². The number of rotatable bonds is 4. The highest BCUT2D eigenvalue weighted by molar-refractivity contribution is 6.23. The summed E-state index contributed by atoms with van der Waals surface area (Å²) in [5.74, 6) is -2.62. The van der Waals surface area contributed by atoms with Crippen LogP contribution in [0.3, 0.4) is 0 Å². The van der Waals surface area contributed by atoms with Crippen LogP contribution in [0.5, 0.6) is 0 Å². The Kier molecular flexibility index (Phi) is 5.31. The Bertz CT molecular complexity index is 1030.